The van der Waals surface area contributed by atoms with Crippen LogP contribution in [-0.2, 0) is 0 Å². The summed E-state index contributed by atoms with van der Waals surface area (Å²) in [5.74, 6) is -0.253. The van der Waals surface area contributed by atoms with Gasteiger partial charge >= 0.3 is 0 Å². The topological polar surface area (TPSA) is 15.3 Å². The molecule has 0 aromatic heterocycles. The molecular formula is C11H16ClFN2. The molecule has 0 bridgehead atoms. The zero-order valence-electron chi connectivity index (χ0n) is 9.22. The maximum atomic E-state index is 13.6. The molecule has 0 aliphatic rings. The summed E-state index contributed by atoms with van der Waals surface area (Å²) in [5, 5.41) is 3.51. The van der Waals surface area contributed by atoms with Crippen molar-refractivity contribution in [1.82, 2.24) is 10.2 Å². The third-order valence-electron chi connectivity index (χ3n) is 2.35. The standard InChI is InChI=1S/C11H16ClFN2/c1-14-7-10(15(2)3)11-8(12)5-4-6-9(11)13/h4-6,10,14H,7H2,1-3H3. The van der Waals surface area contributed by atoms with Crippen molar-refractivity contribution in [3.05, 3.63) is 34.6 Å². The molecule has 15 heavy (non-hydrogen) atoms. The van der Waals surface area contributed by atoms with E-state index in [1.54, 1.807) is 12.1 Å². The molecule has 1 atom stereocenters. The highest BCUT2D eigenvalue weighted by Gasteiger charge is 2.19. The summed E-state index contributed by atoms with van der Waals surface area (Å²) in [6.45, 7) is 0.660. The van der Waals surface area contributed by atoms with Gasteiger partial charge < -0.3 is 10.2 Å². The van der Waals surface area contributed by atoms with Crippen molar-refractivity contribution >= 4 is 11.6 Å². The van der Waals surface area contributed by atoms with Gasteiger partial charge in [0, 0.05) is 17.1 Å². The molecule has 2 nitrogen and oxygen atoms in total. The number of likely N-dealkylation sites (N-methyl/N-ethyl adjacent to an activating group) is 2. The minimum Gasteiger partial charge on any atom is -0.318 e. The molecule has 0 radical (unpaired) electrons. The Morgan fingerprint density at radius 3 is 2.60 bits per heavy atom. The molecule has 1 aromatic rings. The minimum absolute atomic E-state index is 0.0521. The lowest BCUT2D eigenvalue weighted by molar-refractivity contribution is 0.287. The second kappa shape index (κ2) is 5.45. The molecule has 0 spiro atoms. The Balaban J connectivity index is 3.10. The average molecular weight is 231 g/mol. The van der Waals surface area contributed by atoms with E-state index >= 15 is 0 Å². The van der Waals surface area contributed by atoms with Gasteiger partial charge in [-0.3, -0.25) is 0 Å². The first-order valence-corrected chi connectivity index (χ1v) is 5.20. The van der Waals surface area contributed by atoms with Crippen molar-refractivity contribution in [2.45, 2.75) is 6.04 Å². The van der Waals surface area contributed by atoms with Crippen LogP contribution in [0.25, 0.3) is 0 Å². The molecule has 0 aliphatic heterocycles. The molecule has 0 saturated heterocycles. The van der Waals surface area contributed by atoms with Crippen LogP contribution in [0, 0.1) is 5.82 Å². The van der Waals surface area contributed by atoms with Crippen LogP contribution >= 0.6 is 11.6 Å². The van der Waals surface area contributed by atoms with E-state index in [4.69, 9.17) is 11.6 Å². The Labute approximate surface area is 95.0 Å². The second-order valence-corrected chi connectivity index (χ2v) is 4.08. The van der Waals surface area contributed by atoms with E-state index in [1.807, 2.05) is 26.0 Å². The summed E-state index contributed by atoms with van der Waals surface area (Å²) in [5.41, 5.74) is 0.554. The highest BCUT2D eigenvalue weighted by molar-refractivity contribution is 6.31. The fourth-order valence-corrected chi connectivity index (χ4v) is 1.85. The van der Waals surface area contributed by atoms with Gasteiger partial charge in [-0.2, -0.15) is 0 Å². The van der Waals surface area contributed by atoms with Gasteiger partial charge in [-0.15, -0.1) is 0 Å². The summed E-state index contributed by atoms with van der Waals surface area (Å²) in [7, 11) is 5.65. The van der Waals surface area contributed by atoms with E-state index < -0.39 is 0 Å². The smallest absolute Gasteiger partial charge is 0.129 e. The number of nitrogens with zero attached hydrogens (tertiary/aromatic N) is 1. The van der Waals surface area contributed by atoms with Crippen LogP contribution in [0.3, 0.4) is 0 Å². The van der Waals surface area contributed by atoms with Gasteiger partial charge in [-0.05, 0) is 33.3 Å². The van der Waals surface area contributed by atoms with Gasteiger partial charge in [0.15, 0.2) is 0 Å². The lowest BCUT2D eigenvalue weighted by Gasteiger charge is -2.25. The van der Waals surface area contributed by atoms with Gasteiger partial charge in [0.2, 0.25) is 0 Å². The highest BCUT2D eigenvalue weighted by Crippen LogP contribution is 2.28. The number of nitrogens with one attached hydrogen (secondary N) is 1. The maximum absolute atomic E-state index is 13.6. The number of rotatable bonds is 4. The van der Waals surface area contributed by atoms with Gasteiger partial charge in [0.05, 0.1) is 6.04 Å². The largest absolute Gasteiger partial charge is 0.318 e. The van der Waals surface area contributed by atoms with Crippen molar-refractivity contribution in [2.75, 3.05) is 27.7 Å². The van der Waals surface area contributed by atoms with Crippen LogP contribution in [0.4, 0.5) is 4.39 Å². The summed E-state index contributed by atoms with van der Waals surface area (Å²) in [4.78, 5) is 1.95. The quantitative estimate of drug-likeness (QED) is 0.854. The third kappa shape index (κ3) is 2.91. The van der Waals surface area contributed by atoms with E-state index in [-0.39, 0.29) is 11.9 Å². The average Bonchev–Trinajstić information content (AvgIpc) is 2.15. The van der Waals surface area contributed by atoms with Crippen LogP contribution in [0.1, 0.15) is 11.6 Å². The molecule has 4 heteroatoms. The van der Waals surface area contributed by atoms with Crippen molar-refractivity contribution in [3.63, 3.8) is 0 Å². The fraction of sp³-hybridized carbons (Fsp3) is 0.455. The van der Waals surface area contributed by atoms with Crippen molar-refractivity contribution in [3.8, 4) is 0 Å². The minimum atomic E-state index is -0.253. The van der Waals surface area contributed by atoms with Gasteiger partial charge in [0.25, 0.3) is 0 Å². The first-order valence-electron chi connectivity index (χ1n) is 4.83. The molecule has 1 N–H and O–H groups in total. The third-order valence-corrected chi connectivity index (χ3v) is 2.68. The summed E-state index contributed by atoms with van der Waals surface area (Å²) in [6, 6.07) is 4.72. The zero-order chi connectivity index (χ0) is 11.4. The molecule has 0 amide bonds. The highest BCUT2D eigenvalue weighted by atomic mass is 35.5. The summed E-state index contributed by atoms with van der Waals surface area (Å²) >= 11 is 6.01. The van der Waals surface area contributed by atoms with E-state index in [1.165, 1.54) is 6.07 Å². The van der Waals surface area contributed by atoms with E-state index in [9.17, 15) is 4.39 Å². The first-order chi connectivity index (χ1) is 7.07. The van der Waals surface area contributed by atoms with Crippen LogP contribution in [0.2, 0.25) is 5.02 Å². The Bertz CT molecular complexity index is 308. The van der Waals surface area contributed by atoms with Crippen LogP contribution < -0.4 is 5.32 Å². The van der Waals surface area contributed by atoms with E-state index in [2.05, 4.69) is 5.32 Å². The first kappa shape index (κ1) is 12.4. The number of benzene rings is 1. The second-order valence-electron chi connectivity index (χ2n) is 3.67. The molecule has 1 rings (SSSR count). The predicted octanol–water partition coefficient (Wildman–Crippen LogP) is 2.30. The predicted molar refractivity (Wildman–Crippen MR) is 61.8 cm³/mol. The molecule has 0 heterocycles. The van der Waals surface area contributed by atoms with Crippen LogP contribution in [0.5, 0.6) is 0 Å². The molecule has 1 unspecified atom stereocenters. The molecule has 0 fully saturated rings. The van der Waals surface area contributed by atoms with Crippen molar-refractivity contribution in [2.24, 2.45) is 0 Å². The van der Waals surface area contributed by atoms with E-state index in [0.717, 1.165) is 0 Å². The lowest BCUT2D eigenvalue weighted by atomic mass is 10.1. The summed E-state index contributed by atoms with van der Waals surface area (Å²) < 4.78 is 13.6. The van der Waals surface area contributed by atoms with Gasteiger partial charge in [-0.1, -0.05) is 17.7 Å². The molecule has 1 aromatic carbocycles. The Kier molecular flexibility index (Phi) is 4.51. The summed E-state index contributed by atoms with van der Waals surface area (Å²) in [6.07, 6.45) is 0. The monoisotopic (exact) mass is 230 g/mol. The van der Waals surface area contributed by atoms with Crippen molar-refractivity contribution in [1.29, 1.82) is 0 Å². The normalized spacial score (nSPS) is 13.2. The number of hydrogen-bond acceptors (Lipinski definition) is 2. The molecule has 0 aliphatic carbocycles. The van der Waals surface area contributed by atoms with Gasteiger partial charge in [0.1, 0.15) is 5.82 Å². The Morgan fingerprint density at radius 2 is 2.13 bits per heavy atom. The Hall–Kier alpha value is -0.640. The fourth-order valence-electron chi connectivity index (χ4n) is 1.57. The molecule has 84 valence electrons. The van der Waals surface area contributed by atoms with Gasteiger partial charge in [-0.25, -0.2) is 4.39 Å². The zero-order valence-corrected chi connectivity index (χ0v) is 9.98. The van der Waals surface area contributed by atoms with Crippen molar-refractivity contribution < 1.29 is 4.39 Å². The number of halogens is 2. The lowest BCUT2D eigenvalue weighted by Crippen LogP contribution is -2.30. The Morgan fingerprint density at radius 1 is 1.47 bits per heavy atom. The SMILES string of the molecule is CNCC(c1c(F)cccc1Cl)N(C)C. The van der Waals surface area contributed by atoms with Crippen LogP contribution in [0.15, 0.2) is 18.2 Å². The molecular weight excluding hydrogens is 215 g/mol. The van der Waals surface area contributed by atoms with Crippen LogP contribution in [-0.4, -0.2) is 32.6 Å². The van der Waals surface area contributed by atoms with E-state index in [0.29, 0.717) is 17.1 Å². The number of hydrogen-bond donors (Lipinski definition) is 1. The maximum Gasteiger partial charge on any atom is 0.129 e. The molecule has 0 saturated carbocycles.